The van der Waals surface area contributed by atoms with Gasteiger partial charge in [0.1, 0.15) is 6.04 Å². The molecular formula is C21H21Br2ClN2O5. The molecule has 1 aliphatic heterocycles. The Morgan fingerprint density at radius 1 is 1.19 bits per heavy atom. The van der Waals surface area contributed by atoms with Gasteiger partial charge in [-0.1, -0.05) is 49.5 Å². The highest BCUT2D eigenvalue weighted by Gasteiger charge is 2.67. The van der Waals surface area contributed by atoms with Crippen LogP contribution in [0.4, 0.5) is 5.69 Å². The van der Waals surface area contributed by atoms with Crippen LogP contribution >= 0.6 is 43.5 Å². The van der Waals surface area contributed by atoms with Crippen molar-refractivity contribution in [2.75, 3.05) is 11.9 Å². The molecule has 166 valence electrons. The molecule has 31 heavy (non-hydrogen) atoms. The van der Waals surface area contributed by atoms with Crippen LogP contribution in [0.1, 0.15) is 18.9 Å². The van der Waals surface area contributed by atoms with Gasteiger partial charge in [-0.25, -0.2) is 4.79 Å². The van der Waals surface area contributed by atoms with Crippen molar-refractivity contribution in [1.29, 1.82) is 0 Å². The summed E-state index contributed by atoms with van der Waals surface area (Å²) >= 11 is 13.3. The first-order chi connectivity index (χ1) is 14.6. The van der Waals surface area contributed by atoms with E-state index in [1.165, 1.54) is 6.92 Å². The molecule has 2 aliphatic carbocycles. The van der Waals surface area contributed by atoms with Crippen molar-refractivity contribution < 1.29 is 23.9 Å². The van der Waals surface area contributed by atoms with Gasteiger partial charge in [0.05, 0.1) is 11.8 Å². The first kappa shape index (κ1) is 22.7. The number of carbonyl (C=O) groups is 4. The predicted molar refractivity (Wildman–Crippen MR) is 121 cm³/mol. The molecule has 0 unspecified atom stereocenters. The monoisotopic (exact) mass is 574 g/mol. The SMILES string of the molecule is Cc1c(Cl)cccc1NC(=O)COC(=O)[C@H](C)N1C(=O)[C@@H]2[C@H]3C[C@@H]([C@@H](Br)[C@H]3Br)[C@H]2C1=O. The van der Waals surface area contributed by atoms with Gasteiger partial charge in [0.2, 0.25) is 11.8 Å². The number of esters is 1. The molecule has 7 nitrogen and oxygen atoms in total. The minimum absolute atomic E-state index is 0.0655. The zero-order chi connectivity index (χ0) is 22.6. The number of hydrogen-bond acceptors (Lipinski definition) is 5. The number of fused-ring (bicyclic) bond motifs is 5. The van der Waals surface area contributed by atoms with E-state index < -0.39 is 36.4 Å². The van der Waals surface area contributed by atoms with Crippen molar-refractivity contribution in [3.63, 3.8) is 0 Å². The lowest BCUT2D eigenvalue weighted by Gasteiger charge is -2.28. The average Bonchev–Trinajstić information content (AvgIpc) is 3.34. The van der Waals surface area contributed by atoms with E-state index in [0.717, 1.165) is 11.3 Å². The zero-order valence-electron chi connectivity index (χ0n) is 16.8. The van der Waals surface area contributed by atoms with Crippen molar-refractivity contribution in [2.24, 2.45) is 23.7 Å². The van der Waals surface area contributed by atoms with Crippen molar-refractivity contribution in [1.82, 2.24) is 4.90 Å². The number of anilines is 1. The summed E-state index contributed by atoms with van der Waals surface area (Å²) in [5, 5.41) is 3.14. The fourth-order valence-corrected chi connectivity index (χ4v) is 7.09. The van der Waals surface area contributed by atoms with Crippen molar-refractivity contribution >= 4 is 72.8 Å². The van der Waals surface area contributed by atoms with Crippen LogP contribution in [-0.4, -0.2) is 50.9 Å². The number of rotatable bonds is 5. The summed E-state index contributed by atoms with van der Waals surface area (Å²) in [6.07, 6.45) is 0.814. The molecule has 3 amide bonds. The van der Waals surface area contributed by atoms with Gasteiger partial charge in [-0.05, 0) is 49.8 Å². The zero-order valence-corrected chi connectivity index (χ0v) is 20.7. The highest BCUT2D eigenvalue weighted by molar-refractivity contribution is 9.12. The van der Waals surface area contributed by atoms with Gasteiger partial charge in [-0.2, -0.15) is 0 Å². The summed E-state index contributed by atoms with van der Waals surface area (Å²) in [6, 6.07) is 4.00. The van der Waals surface area contributed by atoms with Crippen molar-refractivity contribution in [3.05, 3.63) is 28.8 Å². The van der Waals surface area contributed by atoms with E-state index in [2.05, 4.69) is 37.2 Å². The summed E-state index contributed by atoms with van der Waals surface area (Å²) in [5.41, 5.74) is 1.21. The number of carbonyl (C=O) groups excluding carboxylic acids is 4. The Hall–Kier alpha value is -1.45. The van der Waals surface area contributed by atoms with Crippen LogP contribution in [0.3, 0.4) is 0 Å². The molecule has 1 saturated heterocycles. The van der Waals surface area contributed by atoms with Gasteiger partial charge >= 0.3 is 5.97 Å². The smallest absolute Gasteiger partial charge is 0.329 e. The normalized spacial score (nSPS) is 32.2. The van der Waals surface area contributed by atoms with E-state index in [0.29, 0.717) is 16.3 Å². The van der Waals surface area contributed by atoms with E-state index in [1.54, 1.807) is 25.1 Å². The van der Waals surface area contributed by atoms with Crippen LogP contribution in [0.25, 0.3) is 0 Å². The van der Waals surface area contributed by atoms with Crippen LogP contribution in [0.2, 0.25) is 5.02 Å². The number of imide groups is 1. The van der Waals surface area contributed by atoms with E-state index in [4.69, 9.17) is 16.3 Å². The third kappa shape index (κ3) is 3.72. The number of nitrogens with zero attached hydrogens (tertiary/aromatic N) is 1. The Bertz CT molecular complexity index is 941. The number of benzene rings is 1. The first-order valence-corrected chi connectivity index (χ1v) is 12.2. The number of likely N-dealkylation sites (tertiary alicyclic amines) is 1. The third-order valence-corrected chi connectivity index (χ3v) is 10.3. The minimum Gasteiger partial charge on any atom is -0.454 e. The molecule has 0 spiro atoms. The lowest BCUT2D eigenvalue weighted by Crippen LogP contribution is -2.45. The van der Waals surface area contributed by atoms with Gasteiger partial charge in [-0.15, -0.1) is 0 Å². The van der Waals surface area contributed by atoms with Crippen molar-refractivity contribution in [3.8, 4) is 0 Å². The number of amides is 3. The lowest BCUT2D eigenvalue weighted by atomic mass is 9.81. The number of ether oxygens (including phenoxy) is 1. The van der Waals surface area contributed by atoms with Crippen LogP contribution in [0, 0.1) is 30.6 Å². The molecule has 3 aliphatic rings. The lowest BCUT2D eigenvalue weighted by molar-refractivity contribution is -0.159. The molecule has 10 heteroatoms. The highest BCUT2D eigenvalue weighted by atomic mass is 79.9. The van der Waals surface area contributed by atoms with Crippen LogP contribution in [0.5, 0.6) is 0 Å². The summed E-state index contributed by atoms with van der Waals surface area (Å²) in [6.45, 7) is 2.68. The average molecular weight is 577 g/mol. The fourth-order valence-electron chi connectivity index (χ4n) is 5.05. The van der Waals surface area contributed by atoms with E-state index in [9.17, 15) is 19.2 Å². The molecule has 1 N–H and O–H groups in total. The van der Waals surface area contributed by atoms with Gasteiger partial charge < -0.3 is 10.1 Å². The Morgan fingerprint density at radius 2 is 1.77 bits per heavy atom. The summed E-state index contributed by atoms with van der Waals surface area (Å²) < 4.78 is 5.10. The standard InChI is InChI=1S/C21H21Br2ClN2O5/c1-8-12(24)4-3-5-13(8)25-14(27)7-31-21(30)9(2)26-19(28)15-10-6-11(16(15)20(26)29)18(23)17(10)22/h3-5,9-11,15-18H,6-7H2,1-2H3,(H,25,27)/t9-,10+,11+,15+,16+,17-,18+/m0/s1. The maximum Gasteiger partial charge on any atom is 0.329 e. The molecule has 7 atom stereocenters. The van der Waals surface area contributed by atoms with Crippen LogP contribution in [0.15, 0.2) is 18.2 Å². The molecular weight excluding hydrogens is 556 g/mol. The Labute approximate surface area is 201 Å². The summed E-state index contributed by atoms with van der Waals surface area (Å²) in [4.78, 5) is 52.0. The second-order valence-electron chi connectivity index (χ2n) is 8.29. The number of hydrogen-bond donors (Lipinski definition) is 1. The molecule has 2 saturated carbocycles. The van der Waals surface area contributed by atoms with E-state index >= 15 is 0 Å². The second kappa shape index (κ2) is 8.48. The first-order valence-electron chi connectivity index (χ1n) is 10.00. The van der Waals surface area contributed by atoms with Gasteiger partial charge in [-0.3, -0.25) is 19.3 Å². The Balaban J connectivity index is 1.38. The number of halogens is 3. The van der Waals surface area contributed by atoms with E-state index in [-0.39, 0.29) is 33.3 Å². The summed E-state index contributed by atoms with van der Waals surface area (Å²) in [7, 11) is 0. The molecule has 0 aromatic heterocycles. The molecule has 1 aromatic carbocycles. The van der Waals surface area contributed by atoms with E-state index in [1.807, 2.05) is 0 Å². The summed E-state index contributed by atoms with van der Waals surface area (Å²) in [5.74, 6) is -2.65. The van der Waals surface area contributed by atoms with Gasteiger partial charge in [0, 0.05) is 20.4 Å². The topological polar surface area (TPSA) is 92.8 Å². The highest BCUT2D eigenvalue weighted by Crippen LogP contribution is 2.60. The molecule has 2 bridgehead atoms. The third-order valence-electron chi connectivity index (χ3n) is 6.64. The molecule has 1 aromatic rings. The molecule has 1 heterocycles. The minimum atomic E-state index is -1.09. The molecule has 4 rings (SSSR count). The number of nitrogens with one attached hydrogen (secondary N) is 1. The largest absolute Gasteiger partial charge is 0.454 e. The second-order valence-corrected chi connectivity index (χ2v) is 10.8. The van der Waals surface area contributed by atoms with Crippen molar-refractivity contribution in [2.45, 2.75) is 36.0 Å². The molecule has 3 fully saturated rings. The Kier molecular flexibility index (Phi) is 6.22. The molecule has 0 radical (unpaired) electrons. The van der Waals surface area contributed by atoms with Crippen LogP contribution < -0.4 is 5.32 Å². The fraction of sp³-hybridized carbons (Fsp3) is 0.524. The number of alkyl halides is 2. The van der Waals surface area contributed by atoms with Crippen LogP contribution in [-0.2, 0) is 23.9 Å². The predicted octanol–water partition coefficient (Wildman–Crippen LogP) is 3.30. The Morgan fingerprint density at radius 3 is 2.35 bits per heavy atom. The maximum atomic E-state index is 13.0. The maximum absolute atomic E-state index is 13.0. The van der Waals surface area contributed by atoms with Gasteiger partial charge in [0.25, 0.3) is 5.91 Å². The van der Waals surface area contributed by atoms with Gasteiger partial charge in [0.15, 0.2) is 6.61 Å². The quantitative estimate of drug-likeness (QED) is 0.330.